The fraction of sp³-hybridized carbons (Fsp3) is 0.417. The molecule has 0 unspecified atom stereocenters. The van der Waals surface area contributed by atoms with Gasteiger partial charge in [-0.15, -0.1) is 0 Å². The average molecular weight is 302 g/mol. The molecule has 0 N–H and O–H groups in total. The SMILES string of the molecule is O=C(COc1cc(F)ccc1Br)N1CCCC1. The molecule has 1 aliphatic heterocycles. The van der Waals surface area contributed by atoms with Gasteiger partial charge >= 0.3 is 0 Å². The first kappa shape index (κ1) is 12.4. The summed E-state index contributed by atoms with van der Waals surface area (Å²) in [4.78, 5) is 13.5. The van der Waals surface area contributed by atoms with Gasteiger partial charge in [-0.3, -0.25) is 4.79 Å². The lowest BCUT2D eigenvalue weighted by molar-refractivity contribution is -0.132. The normalized spacial score (nSPS) is 15.1. The zero-order valence-electron chi connectivity index (χ0n) is 9.29. The fourth-order valence-electron chi connectivity index (χ4n) is 1.79. The van der Waals surface area contributed by atoms with Gasteiger partial charge in [0.1, 0.15) is 11.6 Å². The molecule has 1 fully saturated rings. The summed E-state index contributed by atoms with van der Waals surface area (Å²) >= 11 is 3.25. The molecule has 0 aromatic heterocycles. The number of ether oxygens (including phenoxy) is 1. The Bertz CT molecular complexity index is 419. The largest absolute Gasteiger partial charge is 0.482 e. The molecule has 5 heteroatoms. The van der Waals surface area contributed by atoms with Crippen molar-refractivity contribution in [2.75, 3.05) is 19.7 Å². The van der Waals surface area contributed by atoms with Gasteiger partial charge < -0.3 is 9.64 Å². The summed E-state index contributed by atoms with van der Waals surface area (Å²) in [5, 5.41) is 0. The van der Waals surface area contributed by atoms with Crippen molar-refractivity contribution in [1.29, 1.82) is 0 Å². The number of nitrogens with zero attached hydrogens (tertiary/aromatic N) is 1. The van der Waals surface area contributed by atoms with E-state index in [1.54, 1.807) is 11.0 Å². The van der Waals surface area contributed by atoms with Gasteiger partial charge in [0.25, 0.3) is 5.91 Å². The number of likely N-dealkylation sites (tertiary alicyclic amines) is 1. The van der Waals surface area contributed by atoms with Crippen LogP contribution in [0.5, 0.6) is 5.75 Å². The van der Waals surface area contributed by atoms with Crippen LogP contribution < -0.4 is 4.74 Å². The van der Waals surface area contributed by atoms with Crippen LogP contribution in [0, 0.1) is 5.82 Å². The van der Waals surface area contributed by atoms with E-state index in [2.05, 4.69) is 15.9 Å². The lowest BCUT2D eigenvalue weighted by atomic mass is 10.3. The third-order valence-electron chi connectivity index (χ3n) is 2.70. The van der Waals surface area contributed by atoms with Gasteiger partial charge in [-0.2, -0.15) is 0 Å². The van der Waals surface area contributed by atoms with E-state index in [9.17, 15) is 9.18 Å². The number of carbonyl (C=O) groups is 1. The van der Waals surface area contributed by atoms with Crippen molar-refractivity contribution < 1.29 is 13.9 Å². The molecule has 1 heterocycles. The molecular formula is C12H13BrFNO2. The zero-order valence-corrected chi connectivity index (χ0v) is 10.9. The Morgan fingerprint density at radius 1 is 1.41 bits per heavy atom. The number of rotatable bonds is 3. The quantitative estimate of drug-likeness (QED) is 0.859. The van der Waals surface area contributed by atoms with Crippen LogP contribution >= 0.6 is 15.9 Å². The van der Waals surface area contributed by atoms with Gasteiger partial charge in [0.05, 0.1) is 4.47 Å². The number of carbonyl (C=O) groups excluding carboxylic acids is 1. The highest BCUT2D eigenvalue weighted by molar-refractivity contribution is 9.10. The molecule has 1 saturated heterocycles. The van der Waals surface area contributed by atoms with Gasteiger partial charge in [0.15, 0.2) is 6.61 Å². The van der Waals surface area contributed by atoms with E-state index in [1.807, 2.05) is 0 Å². The van der Waals surface area contributed by atoms with E-state index in [4.69, 9.17) is 4.74 Å². The van der Waals surface area contributed by atoms with Crippen molar-refractivity contribution in [2.24, 2.45) is 0 Å². The first-order valence-corrected chi connectivity index (χ1v) is 6.32. The second-order valence-corrected chi connectivity index (χ2v) is 4.81. The van der Waals surface area contributed by atoms with E-state index >= 15 is 0 Å². The van der Waals surface area contributed by atoms with Gasteiger partial charge in [0.2, 0.25) is 0 Å². The molecular weight excluding hydrogens is 289 g/mol. The maximum atomic E-state index is 13.0. The Hall–Kier alpha value is -1.10. The molecule has 0 saturated carbocycles. The Labute approximate surface area is 108 Å². The zero-order chi connectivity index (χ0) is 12.3. The van der Waals surface area contributed by atoms with Crippen molar-refractivity contribution in [3.63, 3.8) is 0 Å². The molecule has 0 radical (unpaired) electrons. The molecule has 0 bridgehead atoms. The van der Waals surface area contributed by atoms with E-state index in [-0.39, 0.29) is 18.3 Å². The third kappa shape index (κ3) is 3.19. The van der Waals surface area contributed by atoms with Gasteiger partial charge in [-0.1, -0.05) is 0 Å². The standard InChI is InChI=1S/C12H13BrFNO2/c13-10-4-3-9(14)7-11(10)17-8-12(16)15-5-1-2-6-15/h3-4,7H,1-2,5-6,8H2. The molecule has 92 valence electrons. The van der Waals surface area contributed by atoms with E-state index in [0.29, 0.717) is 10.2 Å². The van der Waals surface area contributed by atoms with Crippen LogP contribution in [0.3, 0.4) is 0 Å². The molecule has 1 aromatic rings. The molecule has 1 amide bonds. The molecule has 1 aliphatic rings. The minimum Gasteiger partial charge on any atom is -0.482 e. The maximum absolute atomic E-state index is 13.0. The average Bonchev–Trinajstić information content (AvgIpc) is 2.83. The number of hydrogen-bond acceptors (Lipinski definition) is 2. The van der Waals surface area contributed by atoms with Crippen molar-refractivity contribution in [2.45, 2.75) is 12.8 Å². The van der Waals surface area contributed by atoms with Crippen LogP contribution in [0.15, 0.2) is 22.7 Å². The lowest BCUT2D eigenvalue weighted by Crippen LogP contribution is -2.32. The lowest BCUT2D eigenvalue weighted by Gasteiger charge is -2.15. The maximum Gasteiger partial charge on any atom is 0.260 e. The Balaban J connectivity index is 1.92. The Morgan fingerprint density at radius 2 is 2.12 bits per heavy atom. The summed E-state index contributed by atoms with van der Waals surface area (Å²) in [6.07, 6.45) is 2.10. The minimum absolute atomic E-state index is 0.0396. The summed E-state index contributed by atoms with van der Waals surface area (Å²) in [6.45, 7) is 1.56. The highest BCUT2D eigenvalue weighted by atomic mass is 79.9. The molecule has 1 aromatic carbocycles. The van der Waals surface area contributed by atoms with Crippen molar-refractivity contribution in [3.05, 3.63) is 28.5 Å². The number of halogens is 2. The van der Waals surface area contributed by atoms with Crippen molar-refractivity contribution in [3.8, 4) is 5.75 Å². The fourth-order valence-corrected chi connectivity index (χ4v) is 2.15. The Morgan fingerprint density at radius 3 is 2.82 bits per heavy atom. The van der Waals surface area contributed by atoms with Crippen LogP contribution in [0.2, 0.25) is 0 Å². The predicted molar refractivity (Wildman–Crippen MR) is 65.4 cm³/mol. The van der Waals surface area contributed by atoms with Crippen molar-refractivity contribution >= 4 is 21.8 Å². The van der Waals surface area contributed by atoms with Crippen molar-refractivity contribution in [1.82, 2.24) is 4.90 Å². The minimum atomic E-state index is -0.378. The number of amides is 1. The number of benzene rings is 1. The Kier molecular flexibility index (Phi) is 3.99. The van der Waals surface area contributed by atoms with Crippen LogP contribution in [0.1, 0.15) is 12.8 Å². The van der Waals surface area contributed by atoms with Crippen LogP contribution in [0.25, 0.3) is 0 Å². The predicted octanol–water partition coefficient (Wildman–Crippen LogP) is 2.59. The van der Waals surface area contributed by atoms with E-state index in [1.165, 1.54) is 12.1 Å². The highest BCUT2D eigenvalue weighted by Gasteiger charge is 2.18. The first-order valence-electron chi connectivity index (χ1n) is 5.52. The molecule has 17 heavy (non-hydrogen) atoms. The second-order valence-electron chi connectivity index (χ2n) is 3.95. The summed E-state index contributed by atoms with van der Waals surface area (Å²) in [6, 6.07) is 4.16. The monoisotopic (exact) mass is 301 g/mol. The molecule has 2 rings (SSSR count). The summed E-state index contributed by atoms with van der Waals surface area (Å²) in [5.41, 5.74) is 0. The highest BCUT2D eigenvalue weighted by Crippen LogP contribution is 2.25. The second kappa shape index (κ2) is 5.49. The molecule has 0 spiro atoms. The third-order valence-corrected chi connectivity index (χ3v) is 3.36. The van der Waals surface area contributed by atoms with Crippen LogP contribution in [0.4, 0.5) is 4.39 Å². The van der Waals surface area contributed by atoms with Gasteiger partial charge in [-0.05, 0) is 40.9 Å². The van der Waals surface area contributed by atoms with Crippen LogP contribution in [-0.2, 0) is 4.79 Å². The summed E-state index contributed by atoms with van der Waals surface area (Å²) < 4.78 is 18.9. The van der Waals surface area contributed by atoms with Gasteiger partial charge in [0, 0.05) is 19.2 Å². The molecule has 3 nitrogen and oxygen atoms in total. The van der Waals surface area contributed by atoms with Crippen LogP contribution in [-0.4, -0.2) is 30.5 Å². The van der Waals surface area contributed by atoms with E-state index < -0.39 is 0 Å². The topological polar surface area (TPSA) is 29.5 Å². The number of hydrogen-bond donors (Lipinski definition) is 0. The summed E-state index contributed by atoms with van der Waals surface area (Å²) in [5.74, 6) is -0.0620. The van der Waals surface area contributed by atoms with E-state index in [0.717, 1.165) is 25.9 Å². The van der Waals surface area contributed by atoms with Gasteiger partial charge in [-0.25, -0.2) is 4.39 Å². The molecule has 0 atom stereocenters. The smallest absolute Gasteiger partial charge is 0.260 e. The summed E-state index contributed by atoms with van der Waals surface area (Å²) in [7, 11) is 0. The first-order chi connectivity index (χ1) is 8.16. The molecule has 0 aliphatic carbocycles.